The highest BCUT2D eigenvalue weighted by molar-refractivity contribution is 7.72. The number of nitrogens with one attached hydrogen (secondary N) is 1. The maximum atomic E-state index is 11.5. The molecule has 2 rings (SSSR count). The SMILES string of the molecule is C=C1NC(=O)N(C)C=C1C1O[C@H](CCP(=C)(C)C)[C@@H](O)[C@H]1O. The van der Waals surface area contributed by atoms with Crippen LogP contribution in [0.5, 0.6) is 0 Å². The van der Waals surface area contributed by atoms with Gasteiger partial charge in [0.25, 0.3) is 0 Å². The van der Waals surface area contributed by atoms with Gasteiger partial charge in [-0.05, 0) is 25.9 Å². The summed E-state index contributed by atoms with van der Waals surface area (Å²) in [5.41, 5.74) is 0.977. The highest BCUT2D eigenvalue weighted by Crippen LogP contribution is 2.39. The summed E-state index contributed by atoms with van der Waals surface area (Å²) in [7, 11) is 1.60. The molecule has 7 heteroatoms. The minimum Gasteiger partial charge on any atom is -0.388 e. The number of aliphatic hydroxyl groups excluding tert-OH is 2. The minimum atomic E-state index is -1.22. The molecule has 0 spiro atoms. The zero-order valence-corrected chi connectivity index (χ0v) is 14.2. The number of carbonyl (C=O) groups is 1. The second-order valence-electron chi connectivity index (χ2n) is 6.63. The van der Waals surface area contributed by atoms with Crippen molar-refractivity contribution in [3.63, 3.8) is 0 Å². The molecule has 4 atom stereocenters. The van der Waals surface area contributed by atoms with Gasteiger partial charge in [-0.25, -0.2) is 4.79 Å². The number of nitrogens with zero attached hydrogens (tertiary/aromatic N) is 1. The number of hydrogen-bond donors (Lipinski definition) is 3. The Bertz CT molecular complexity index is 554. The van der Waals surface area contributed by atoms with Crippen LogP contribution in [0.15, 0.2) is 24.0 Å². The Kier molecular flexibility index (Phi) is 4.87. The summed E-state index contributed by atoms with van der Waals surface area (Å²) in [6.07, 6.45) is 4.15. The van der Waals surface area contributed by atoms with E-state index < -0.39 is 31.3 Å². The normalized spacial score (nSPS) is 33.0. The third-order valence-electron chi connectivity index (χ3n) is 3.95. The molecule has 0 aromatic heterocycles. The largest absolute Gasteiger partial charge is 0.388 e. The molecule has 2 heterocycles. The number of rotatable bonds is 4. The molecule has 2 amide bonds. The second kappa shape index (κ2) is 6.20. The summed E-state index contributed by atoms with van der Waals surface area (Å²) < 4.78 is 5.86. The van der Waals surface area contributed by atoms with E-state index in [9.17, 15) is 15.0 Å². The van der Waals surface area contributed by atoms with Crippen molar-refractivity contribution < 1.29 is 19.7 Å². The summed E-state index contributed by atoms with van der Waals surface area (Å²) in [6, 6.07) is -0.290. The number of amides is 2. The summed E-state index contributed by atoms with van der Waals surface area (Å²) in [5, 5.41) is 23.1. The van der Waals surface area contributed by atoms with Crippen molar-refractivity contribution in [3.8, 4) is 0 Å². The van der Waals surface area contributed by atoms with Crippen LogP contribution in [0.4, 0.5) is 4.79 Å². The Hall–Kier alpha value is -1.07. The van der Waals surface area contributed by atoms with Crippen LogP contribution in [-0.2, 0) is 4.74 Å². The van der Waals surface area contributed by atoms with Crippen LogP contribution in [0.3, 0.4) is 0 Å². The van der Waals surface area contributed by atoms with Gasteiger partial charge in [-0.2, -0.15) is 0 Å². The average Bonchev–Trinajstić information content (AvgIpc) is 2.68. The van der Waals surface area contributed by atoms with E-state index in [4.69, 9.17) is 4.74 Å². The number of hydrogen-bond acceptors (Lipinski definition) is 4. The Balaban J connectivity index is 2.13. The lowest BCUT2D eigenvalue weighted by atomic mass is 9.99. The minimum absolute atomic E-state index is 0.290. The van der Waals surface area contributed by atoms with Crippen LogP contribution < -0.4 is 5.32 Å². The van der Waals surface area contributed by atoms with Gasteiger partial charge in [0.05, 0.1) is 6.10 Å². The molecule has 2 aliphatic heterocycles. The van der Waals surface area contributed by atoms with Crippen LogP contribution in [0.25, 0.3) is 0 Å². The third-order valence-corrected chi connectivity index (χ3v) is 5.42. The van der Waals surface area contributed by atoms with Crippen LogP contribution in [0.2, 0.25) is 0 Å². The van der Waals surface area contributed by atoms with Crippen molar-refractivity contribution in [1.29, 1.82) is 0 Å². The van der Waals surface area contributed by atoms with Crippen LogP contribution in [0, 0.1) is 0 Å². The average molecular weight is 328 g/mol. The molecule has 0 bridgehead atoms. The van der Waals surface area contributed by atoms with Gasteiger partial charge >= 0.3 is 6.03 Å². The lowest BCUT2D eigenvalue weighted by molar-refractivity contribution is 0.0187. The predicted octanol–water partition coefficient (Wildman–Crippen LogP) is 0.627. The number of carbonyl (C=O) groups excluding carboxylic acids is 1. The Morgan fingerprint density at radius 2 is 2.05 bits per heavy atom. The van der Waals surface area contributed by atoms with Crippen LogP contribution in [0.1, 0.15) is 6.42 Å². The fourth-order valence-corrected chi connectivity index (χ4v) is 3.55. The van der Waals surface area contributed by atoms with Crippen molar-refractivity contribution in [2.45, 2.75) is 30.8 Å². The molecule has 0 aromatic carbocycles. The standard InChI is InChI=1S/C15H25N2O4P/c1-9-10(8-17(2)15(20)16-9)14-13(19)12(18)11(21-14)6-7-22(3,4)5/h8,11-14,18-19H,1,3,6-7H2,2,4-5H3,(H,16,20)/t11-,12-,13-,14?/m1/s1. The topological polar surface area (TPSA) is 82.0 Å². The van der Waals surface area contributed by atoms with Crippen molar-refractivity contribution in [1.82, 2.24) is 10.2 Å². The molecular formula is C15H25N2O4P. The van der Waals surface area contributed by atoms with E-state index in [2.05, 4.69) is 31.5 Å². The maximum Gasteiger partial charge on any atom is 0.325 e. The van der Waals surface area contributed by atoms with Crippen molar-refractivity contribution in [2.75, 3.05) is 26.5 Å². The van der Waals surface area contributed by atoms with Crippen LogP contribution >= 0.6 is 6.89 Å². The Morgan fingerprint density at radius 1 is 1.41 bits per heavy atom. The first-order valence-corrected chi connectivity index (χ1v) is 10.3. The van der Waals surface area contributed by atoms with E-state index in [0.29, 0.717) is 17.7 Å². The number of urea groups is 1. The van der Waals surface area contributed by atoms with Gasteiger partial charge in [0.15, 0.2) is 0 Å². The Morgan fingerprint density at radius 3 is 2.64 bits per heavy atom. The molecule has 124 valence electrons. The summed E-state index contributed by atoms with van der Waals surface area (Å²) in [6.45, 7) is 6.82. The number of ether oxygens (including phenoxy) is 1. The molecule has 2 aliphatic rings. The van der Waals surface area contributed by atoms with E-state index in [1.54, 1.807) is 13.2 Å². The van der Waals surface area contributed by atoms with Crippen molar-refractivity contribution >= 4 is 19.2 Å². The first-order chi connectivity index (χ1) is 10.1. The Labute approximate surface area is 131 Å². The highest BCUT2D eigenvalue weighted by atomic mass is 31.2. The quantitative estimate of drug-likeness (QED) is 0.661. The van der Waals surface area contributed by atoms with E-state index in [0.717, 1.165) is 6.16 Å². The molecule has 6 nitrogen and oxygen atoms in total. The summed E-state index contributed by atoms with van der Waals surface area (Å²) in [4.78, 5) is 12.9. The van der Waals surface area contributed by atoms with E-state index in [-0.39, 0.29) is 6.03 Å². The van der Waals surface area contributed by atoms with E-state index in [1.165, 1.54) is 4.90 Å². The van der Waals surface area contributed by atoms with Crippen LogP contribution in [-0.4, -0.2) is 78.4 Å². The lowest BCUT2D eigenvalue weighted by Crippen LogP contribution is -2.42. The molecule has 3 N–H and O–H groups in total. The monoisotopic (exact) mass is 328 g/mol. The van der Waals surface area contributed by atoms with Gasteiger partial charge in [-0.3, -0.25) is 0 Å². The zero-order valence-electron chi connectivity index (χ0n) is 13.3. The van der Waals surface area contributed by atoms with Crippen molar-refractivity contribution in [3.05, 3.63) is 24.0 Å². The van der Waals surface area contributed by atoms with E-state index >= 15 is 0 Å². The smallest absolute Gasteiger partial charge is 0.325 e. The molecule has 22 heavy (non-hydrogen) atoms. The lowest BCUT2D eigenvalue weighted by Gasteiger charge is -2.28. The van der Waals surface area contributed by atoms with Gasteiger partial charge in [-0.1, -0.05) is 6.58 Å². The molecule has 0 aromatic rings. The first kappa shape index (κ1) is 17.3. The van der Waals surface area contributed by atoms with Gasteiger partial charge in [0.1, 0.15) is 18.3 Å². The maximum absolute atomic E-state index is 11.5. The molecule has 1 fully saturated rings. The molecular weight excluding hydrogens is 303 g/mol. The van der Waals surface area contributed by atoms with Crippen molar-refractivity contribution in [2.24, 2.45) is 0 Å². The van der Waals surface area contributed by atoms with Gasteiger partial charge in [0, 0.05) is 24.5 Å². The van der Waals surface area contributed by atoms with Gasteiger partial charge in [-0.15, -0.1) is 13.2 Å². The summed E-state index contributed by atoms with van der Waals surface area (Å²) in [5.74, 6) is 0. The summed E-state index contributed by atoms with van der Waals surface area (Å²) >= 11 is 0. The first-order valence-electron chi connectivity index (χ1n) is 7.24. The molecule has 0 radical (unpaired) electrons. The van der Waals surface area contributed by atoms with Gasteiger partial charge < -0.3 is 25.2 Å². The number of aliphatic hydroxyl groups is 2. The molecule has 1 unspecified atom stereocenters. The third kappa shape index (κ3) is 3.63. The second-order valence-corrected chi connectivity index (χ2v) is 10.9. The van der Waals surface area contributed by atoms with E-state index in [1.807, 2.05) is 0 Å². The highest BCUT2D eigenvalue weighted by Gasteiger charge is 2.45. The molecule has 1 saturated heterocycles. The molecule has 0 saturated carbocycles. The fourth-order valence-electron chi connectivity index (χ4n) is 2.60. The zero-order chi connectivity index (χ0) is 16.7. The van der Waals surface area contributed by atoms with Gasteiger partial charge in [0.2, 0.25) is 0 Å². The predicted molar refractivity (Wildman–Crippen MR) is 89.6 cm³/mol. The fraction of sp³-hybridized carbons (Fsp3) is 0.600. The molecule has 0 aliphatic carbocycles.